The van der Waals surface area contributed by atoms with E-state index >= 15 is 0 Å². The second-order valence-electron chi connectivity index (χ2n) is 3.76. The zero-order chi connectivity index (χ0) is 10.3. The monoisotopic (exact) mass is 188 g/mol. The standard InChI is InChI=1S/C11H24O2/c1-6-11(7-2,12-5)8-9-13-10(3)4/h10H,6-9H2,1-5H3. The molecule has 0 bridgehead atoms. The first-order chi connectivity index (χ1) is 6.10. The second-order valence-corrected chi connectivity index (χ2v) is 3.76. The Labute approximate surface area is 82.6 Å². The SMILES string of the molecule is CCC(CC)(CCOC(C)C)OC. The average Bonchev–Trinajstić information content (AvgIpc) is 2.13. The lowest BCUT2D eigenvalue weighted by molar-refractivity contribution is -0.0498. The van der Waals surface area contributed by atoms with Gasteiger partial charge < -0.3 is 9.47 Å². The van der Waals surface area contributed by atoms with Crippen LogP contribution in [0.1, 0.15) is 47.0 Å². The van der Waals surface area contributed by atoms with Crippen molar-refractivity contribution in [1.29, 1.82) is 0 Å². The van der Waals surface area contributed by atoms with Gasteiger partial charge in [0.2, 0.25) is 0 Å². The van der Waals surface area contributed by atoms with Gasteiger partial charge in [-0.05, 0) is 33.1 Å². The van der Waals surface area contributed by atoms with Crippen LogP contribution in [0, 0.1) is 0 Å². The van der Waals surface area contributed by atoms with Crippen LogP contribution in [0.5, 0.6) is 0 Å². The lowest BCUT2D eigenvalue weighted by atomic mass is 9.93. The summed E-state index contributed by atoms with van der Waals surface area (Å²) in [5, 5.41) is 0. The van der Waals surface area contributed by atoms with Crippen LogP contribution in [0.2, 0.25) is 0 Å². The molecule has 0 unspecified atom stereocenters. The predicted molar refractivity (Wildman–Crippen MR) is 56.0 cm³/mol. The van der Waals surface area contributed by atoms with E-state index in [4.69, 9.17) is 9.47 Å². The van der Waals surface area contributed by atoms with E-state index in [0.29, 0.717) is 6.10 Å². The number of ether oxygens (including phenoxy) is 2. The van der Waals surface area contributed by atoms with Crippen molar-refractivity contribution in [2.45, 2.75) is 58.7 Å². The van der Waals surface area contributed by atoms with Gasteiger partial charge in [0.05, 0.1) is 11.7 Å². The second kappa shape index (κ2) is 6.39. The molecule has 0 N–H and O–H groups in total. The highest BCUT2D eigenvalue weighted by atomic mass is 16.5. The van der Waals surface area contributed by atoms with Crippen molar-refractivity contribution in [3.63, 3.8) is 0 Å². The highest BCUT2D eigenvalue weighted by Crippen LogP contribution is 2.23. The van der Waals surface area contributed by atoms with Crippen molar-refractivity contribution in [3.8, 4) is 0 Å². The molecule has 0 rings (SSSR count). The number of hydrogen-bond donors (Lipinski definition) is 0. The molecule has 0 radical (unpaired) electrons. The maximum absolute atomic E-state index is 5.54. The van der Waals surface area contributed by atoms with Gasteiger partial charge in [-0.2, -0.15) is 0 Å². The molecule has 0 spiro atoms. The fraction of sp³-hybridized carbons (Fsp3) is 1.00. The van der Waals surface area contributed by atoms with Crippen molar-refractivity contribution >= 4 is 0 Å². The van der Waals surface area contributed by atoms with Gasteiger partial charge in [-0.15, -0.1) is 0 Å². The third-order valence-electron chi connectivity index (χ3n) is 2.73. The van der Waals surface area contributed by atoms with E-state index in [2.05, 4.69) is 27.7 Å². The molecule has 2 nitrogen and oxygen atoms in total. The van der Waals surface area contributed by atoms with Crippen molar-refractivity contribution in [2.24, 2.45) is 0 Å². The van der Waals surface area contributed by atoms with E-state index in [1.807, 2.05) is 0 Å². The largest absolute Gasteiger partial charge is 0.379 e. The summed E-state index contributed by atoms with van der Waals surface area (Å²) in [6, 6.07) is 0. The highest BCUT2D eigenvalue weighted by Gasteiger charge is 2.24. The minimum absolute atomic E-state index is 0.0366. The first-order valence-electron chi connectivity index (χ1n) is 5.27. The van der Waals surface area contributed by atoms with Crippen molar-refractivity contribution in [3.05, 3.63) is 0 Å². The van der Waals surface area contributed by atoms with Crippen molar-refractivity contribution in [1.82, 2.24) is 0 Å². The summed E-state index contributed by atoms with van der Waals surface area (Å²) in [6.45, 7) is 9.26. The fourth-order valence-electron chi connectivity index (χ4n) is 1.47. The molecular weight excluding hydrogens is 164 g/mol. The Balaban J connectivity index is 3.81. The molecule has 0 saturated heterocycles. The van der Waals surface area contributed by atoms with Crippen LogP contribution in [0.25, 0.3) is 0 Å². The van der Waals surface area contributed by atoms with Crippen LogP contribution < -0.4 is 0 Å². The number of rotatable bonds is 7. The summed E-state index contributed by atoms with van der Waals surface area (Å²) in [7, 11) is 1.79. The summed E-state index contributed by atoms with van der Waals surface area (Å²) in [5.41, 5.74) is 0.0366. The van der Waals surface area contributed by atoms with Gasteiger partial charge in [0, 0.05) is 13.7 Å². The van der Waals surface area contributed by atoms with Gasteiger partial charge in [-0.1, -0.05) is 13.8 Å². The van der Waals surface area contributed by atoms with Gasteiger partial charge in [0.15, 0.2) is 0 Å². The summed E-state index contributed by atoms with van der Waals surface area (Å²) in [6.07, 6.45) is 3.43. The van der Waals surface area contributed by atoms with E-state index in [9.17, 15) is 0 Å². The van der Waals surface area contributed by atoms with Crippen LogP contribution in [0.15, 0.2) is 0 Å². The Morgan fingerprint density at radius 1 is 1.15 bits per heavy atom. The fourth-order valence-corrected chi connectivity index (χ4v) is 1.47. The molecule has 0 aliphatic carbocycles. The molecule has 0 heterocycles. The minimum atomic E-state index is 0.0366. The number of hydrogen-bond acceptors (Lipinski definition) is 2. The van der Waals surface area contributed by atoms with Crippen molar-refractivity contribution < 1.29 is 9.47 Å². The van der Waals surface area contributed by atoms with Crippen LogP contribution in [-0.4, -0.2) is 25.4 Å². The zero-order valence-electron chi connectivity index (χ0n) is 9.72. The van der Waals surface area contributed by atoms with Gasteiger partial charge >= 0.3 is 0 Å². The highest BCUT2D eigenvalue weighted by molar-refractivity contribution is 4.76. The van der Waals surface area contributed by atoms with Crippen LogP contribution in [-0.2, 0) is 9.47 Å². The maximum Gasteiger partial charge on any atom is 0.0695 e. The lowest BCUT2D eigenvalue weighted by Crippen LogP contribution is -2.31. The Kier molecular flexibility index (Phi) is 6.35. The van der Waals surface area contributed by atoms with E-state index < -0.39 is 0 Å². The summed E-state index contributed by atoms with van der Waals surface area (Å²) >= 11 is 0. The van der Waals surface area contributed by atoms with Crippen molar-refractivity contribution in [2.75, 3.05) is 13.7 Å². The molecular formula is C11H24O2. The molecule has 13 heavy (non-hydrogen) atoms. The lowest BCUT2D eigenvalue weighted by Gasteiger charge is -2.30. The van der Waals surface area contributed by atoms with Crippen LogP contribution in [0.4, 0.5) is 0 Å². The van der Waals surface area contributed by atoms with Gasteiger partial charge in [-0.3, -0.25) is 0 Å². The Morgan fingerprint density at radius 3 is 2.00 bits per heavy atom. The maximum atomic E-state index is 5.54. The first kappa shape index (κ1) is 12.9. The third-order valence-corrected chi connectivity index (χ3v) is 2.73. The quantitative estimate of drug-likeness (QED) is 0.611. The number of methoxy groups -OCH3 is 1. The third kappa shape index (κ3) is 4.63. The Bertz CT molecular complexity index is 109. The summed E-state index contributed by atoms with van der Waals surface area (Å²) in [5.74, 6) is 0. The Hall–Kier alpha value is -0.0800. The van der Waals surface area contributed by atoms with Gasteiger partial charge in [0.1, 0.15) is 0 Å². The molecule has 80 valence electrons. The molecule has 0 aliphatic heterocycles. The molecule has 0 fully saturated rings. The van der Waals surface area contributed by atoms with E-state index in [1.165, 1.54) is 0 Å². The topological polar surface area (TPSA) is 18.5 Å². The smallest absolute Gasteiger partial charge is 0.0695 e. The van der Waals surface area contributed by atoms with E-state index in [0.717, 1.165) is 25.9 Å². The molecule has 0 amide bonds. The molecule has 0 aliphatic rings. The molecule has 0 saturated carbocycles. The van der Waals surface area contributed by atoms with E-state index in [1.54, 1.807) is 7.11 Å². The van der Waals surface area contributed by atoms with Crippen LogP contribution >= 0.6 is 0 Å². The molecule has 0 aromatic heterocycles. The minimum Gasteiger partial charge on any atom is -0.379 e. The summed E-state index contributed by atoms with van der Waals surface area (Å²) in [4.78, 5) is 0. The van der Waals surface area contributed by atoms with Gasteiger partial charge in [0.25, 0.3) is 0 Å². The molecule has 0 atom stereocenters. The Morgan fingerprint density at radius 2 is 1.69 bits per heavy atom. The normalized spacial score (nSPS) is 12.5. The molecule has 0 aromatic carbocycles. The average molecular weight is 188 g/mol. The predicted octanol–water partition coefficient (Wildman–Crippen LogP) is 3.01. The first-order valence-corrected chi connectivity index (χ1v) is 5.27. The zero-order valence-corrected chi connectivity index (χ0v) is 9.72. The van der Waals surface area contributed by atoms with E-state index in [-0.39, 0.29) is 5.60 Å². The molecule has 2 heteroatoms. The van der Waals surface area contributed by atoms with Gasteiger partial charge in [-0.25, -0.2) is 0 Å². The summed E-state index contributed by atoms with van der Waals surface area (Å²) < 4.78 is 11.1. The van der Waals surface area contributed by atoms with Crippen LogP contribution in [0.3, 0.4) is 0 Å². The molecule has 0 aromatic rings.